The van der Waals surface area contributed by atoms with E-state index >= 15 is 0 Å². The summed E-state index contributed by atoms with van der Waals surface area (Å²) in [4.78, 5) is 9.96. The number of nitrogens with one attached hydrogen (secondary N) is 2. The molecule has 1 aromatic carbocycles. The van der Waals surface area contributed by atoms with Crippen LogP contribution in [-0.4, -0.2) is 53.8 Å². The number of aliphatic hydroxyl groups excluding tert-OH is 1. The number of ether oxygens (including phenoxy) is 2. The van der Waals surface area contributed by atoms with Gasteiger partial charge < -0.3 is 29.8 Å². The molecule has 3 heterocycles. The van der Waals surface area contributed by atoms with Gasteiger partial charge in [-0.3, -0.25) is 5.41 Å². The zero-order valence-electron chi connectivity index (χ0n) is 17.2. The van der Waals surface area contributed by atoms with Gasteiger partial charge >= 0.3 is 0 Å². The van der Waals surface area contributed by atoms with Gasteiger partial charge in [-0.1, -0.05) is 6.08 Å². The van der Waals surface area contributed by atoms with Crippen LogP contribution in [0.5, 0.6) is 11.5 Å². The summed E-state index contributed by atoms with van der Waals surface area (Å²) in [5, 5.41) is 22.7. The first-order chi connectivity index (χ1) is 14.6. The lowest BCUT2D eigenvalue weighted by atomic mass is 9.94. The summed E-state index contributed by atoms with van der Waals surface area (Å²) in [5.41, 5.74) is 2.47. The van der Waals surface area contributed by atoms with Crippen LogP contribution in [-0.2, 0) is 6.42 Å². The number of hydrogen-bond donors (Lipinski definition) is 4. The number of imidazole rings is 1. The summed E-state index contributed by atoms with van der Waals surface area (Å²) < 4.78 is 10.9. The lowest BCUT2D eigenvalue weighted by molar-refractivity contribution is -0.637. The third-order valence-electron chi connectivity index (χ3n) is 6.29. The molecular weight excluding hydrogens is 382 g/mol. The van der Waals surface area contributed by atoms with Crippen LogP contribution in [0.25, 0.3) is 11.6 Å². The van der Waals surface area contributed by atoms with Gasteiger partial charge in [-0.05, 0) is 18.9 Å². The van der Waals surface area contributed by atoms with E-state index in [1.165, 1.54) is 0 Å². The van der Waals surface area contributed by atoms with E-state index in [4.69, 9.17) is 19.9 Å². The molecule has 0 saturated carbocycles. The van der Waals surface area contributed by atoms with Gasteiger partial charge in [-0.15, -0.1) is 0 Å². The Morgan fingerprint density at radius 1 is 1.23 bits per heavy atom. The monoisotopic (exact) mass is 408 g/mol. The number of nitrogens with zero attached hydrogens (tertiary/aromatic N) is 2. The molecule has 2 aliphatic heterocycles. The summed E-state index contributed by atoms with van der Waals surface area (Å²) in [6.45, 7) is 1.53. The van der Waals surface area contributed by atoms with Crippen molar-refractivity contribution in [3.63, 3.8) is 0 Å². The van der Waals surface area contributed by atoms with Crippen LogP contribution in [0.4, 0.5) is 5.69 Å². The number of nitrogens with two attached hydrogens (primary N) is 1. The molecule has 2 aromatic rings. The second-order valence-electron chi connectivity index (χ2n) is 7.93. The molecule has 1 aliphatic carbocycles. The smallest absolute Gasteiger partial charge is 0.158 e. The van der Waals surface area contributed by atoms with Crippen molar-refractivity contribution in [2.75, 3.05) is 32.2 Å². The van der Waals surface area contributed by atoms with Gasteiger partial charge in [0.05, 0.1) is 37.7 Å². The van der Waals surface area contributed by atoms with E-state index in [1.807, 2.05) is 23.1 Å². The molecule has 1 aromatic heterocycles. The molecule has 0 radical (unpaired) electrons. The topological polar surface area (TPSA) is 111 Å². The average molecular weight is 408 g/mol. The number of anilines is 1. The lowest BCUT2D eigenvalue weighted by Gasteiger charge is -2.34. The molecule has 30 heavy (non-hydrogen) atoms. The van der Waals surface area contributed by atoms with Crippen molar-refractivity contribution in [1.82, 2.24) is 9.97 Å². The number of fused-ring (bicyclic) bond motifs is 1. The van der Waals surface area contributed by atoms with E-state index in [0.717, 1.165) is 42.9 Å². The molecule has 156 valence electrons. The Hall–Kier alpha value is -3.26. The highest BCUT2D eigenvalue weighted by Gasteiger charge is 2.56. The van der Waals surface area contributed by atoms with Gasteiger partial charge in [0.15, 0.2) is 5.54 Å². The number of rotatable bonds is 4. The van der Waals surface area contributed by atoms with Crippen molar-refractivity contribution in [3.8, 4) is 11.5 Å². The van der Waals surface area contributed by atoms with E-state index in [9.17, 15) is 5.11 Å². The maximum absolute atomic E-state index is 11.4. The lowest BCUT2D eigenvalue weighted by Crippen LogP contribution is -2.83. The Kier molecular flexibility index (Phi) is 4.32. The van der Waals surface area contributed by atoms with Gasteiger partial charge in [-0.25, -0.2) is 4.98 Å². The zero-order valence-corrected chi connectivity index (χ0v) is 17.2. The zero-order chi connectivity index (χ0) is 20.9. The maximum atomic E-state index is 11.4. The molecule has 1 spiro atoms. The fourth-order valence-corrected chi connectivity index (χ4v) is 4.79. The van der Waals surface area contributed by atoms with E-state index < -0.39 is 5.54 Å². The Morgan fingerprint density at radius 2 is 2.00 bits per heavy atom. The molecule has 1 unspecified atom stereocenters. The second-order valence-corrected chi connectivity index (χ2v) is 7.93. The number of aromatic nitrogens is 2. The normalized spacial score (nSPS) is 22.9. The first kappa shape index (κ1) is 18.7. The summed E-state index contributed by atoms with van der Waals surface area (Å²) in [7, 11) is 3.21. The first-order valence-corrected chi connectivity index (χ1v) is 10.2. The number of quaternary nitrogens is 1. The molecule has 5 rings (SSSR count). The van der Waals surface area contributed by atoms with Crippen molar-refractivity contribution in [2.45, 2.75) is 24.8 Å². The van der Waals surface area contributed by atoms with Crippen LogP contribution < -0.4 is 19.7 Å². The summed E-state index contributed by atoms with van der Waals surface area (Å²) in [6, 6.07) is 5.56. The number of H-pyrrole nitrogens is 1. The quantitative estimate of drug-likeness (QED) is 0.617. The summed E-state index contributed by atoms with van der Waals surface area (Å²) in [6.07, 6.45) is 6.68. The van der Waals surface area contributed by atoms with Crippen molar-refractivity contribution < 1.29 is 19.9 Å². The molecule has 3 aliphatic rings. The highest BCUT2D eigenvalue weighted by Crippen LogP contribution is 2.45. The molecule has 1 atom stereocenters. The third-order valence-corrected chi connectivity index (χ3v) is 6.29. The van der Waals surface area contributed by atoms with Crippen molar-refractivity contribution in [3.05, 3.63) is 47.2 Å². The molecule has 0 amide bonds. The Morgan fingerprint density at radius 3 is 2.63 bits per heavy atom. The average Bonchev–Trinajstić information content (AvgIpc) is 3.45. The third kappa shape index (κ3) is 2.64. The number of aliphatic hydroxyl groups is 1. The highest BCUT2D eigenvalue weighted by atomic mass is 16.5. The van der Waals surface area contributed by atoms with Crippen molar-refractivity contribution in [2.24, 2.45) is 0 Å². The van der Waals surface area contributed by atoms with Crippen LogP contribution in [0.1, 0.15) is 30.1 Å². The SMILES string of the molecule is COc1cc(OC)cc(N2C(=N)C(c3nc4c([nH]3)CCC=C4)=C(O)C23CC[NH2+]C3)c1. The number of allylic oxidation sites excluding steroid dienone is 1. The highest BCUT2D eigenvalue weighted by molar-refractivity contribution is 6.31. The molecule has 0 bridgehead atoms. The predicted molar refractivity (Wildman–Crippen MR) is 114 cm³/mol. The van der Waals surface area contributed by atoms with Crippen LogP contribution in [0.15, 0.2) is 30.0 Å². The van der Waals surface area contributed by atoms with E-state index in [2.05, 4.69) is 16.4 Å². The minimum Gasteiger partial charge on any atom is -0.509 e. The van der Waals surface area contributed by atoms with Crippen LogP contribution in [0.2, 0.25) is 0 Å². The Balaban J connectivity index is 1.65. The molecule has 5 N–H and O–H groups in total. The predicted octanol–water partition coefficient (Wildman–Crippen LogP) is 1.86. The van der Waals surface area contributed by atoms with Gasteiger partial charge in [0.2, 0.25) is 0 Å². The summed E-state index contributed by atoms with van der Waals surface area (Å²) in [5.74, 6) is 2.27. The number of hydrogen-bond acceptors (Lipinski definition) is 5. The Labute approximate surface area is 174 Å². The minimum absolute atomic E-state index is 0.207. The van der Waals surface area contributed by atoms with Gasteiger partial charge in [-0.2, -0.15) is 0 Å². The van der Waals surface area contributed by atoms with Gasteiger partial charge in [0.1, 0.15) is 35.5 Å². The fraction of sp³-hybridized carbons (Fsp3) is 0.364. The van der Waals surface area contributed by atoms with Gasteiger partial charge in [0.25, 0.3) is 0 Å². The standard InChI is InChI=1S/C22H25N5O3/c1-29-14-9-13(10-15(11-14)30-2)27-20(23)18(19(28)22(27)7-8-24-12-22)21-25-16-5-3-4-6-17(16)26-21/h3,5,9-11,23-24,28H,4,6-8,12H2,1-2H3,(H,25,26)/p+1. The molecule has 1 fully saturated rings. The summed E-state index contributed by atoms with van der Waals surface area (Å²) >= 11 is 0. The van der Waals surface area contributed by atoms with Crippen LogP contribution in [0, 0.1) is 5.41 Å². The van der Waals surface area contributed by atoms with E-state index in [-0.39, 0.29) is 11.6 Å². The van der Waals surface area contributed by atoms with E-state index in [0.29, 0.717) is 29.4 Å². The van der Waals surface area contributed by atoms with Crippen LogP contribution in [0.3, 0.4) is 0 Å². The number of amidine groups is 1. The molecule has 8 nitrogen and oxygen atoms in total. The first-order valence-electron chi connectivity index (χ1n) is 10.2. The van der Waals surface area contributed by atoms with Crippen LogP contribution >= 0.6 is 0 Å². The van der Waals surface area contributed by atoms with Crippen molar-refractivity contribution in [1.29, 1.82) is 5.41 Å². The largest absolute Gasteiger partial charge is 0.509 e. The minimum atomic E-state index is -0.688. The molecular formula is C22H26N5O3+. The number of aromatic amines is 1. The van der Waals surface area contributed by atoms with Crippen molar-refractivity contribution >= 4 is 23.2 Å². The second kappa shape index (κ2) is 6.91. The van der Waals surface area contributed by atoms with Gasteiger partial charge in [0, 0.05) is 30.3 Å². The number of aryl methyl sites for hydroxylation is 1. The number of methoxy groups -OCH3 is 2. The maximum Gasteiger partial charge on any atom is 0.158 e. The molecule has 1 saturated heterocycles. The number of benzene rings is 1. The fourth-order valence-electron chi connectivity index (χ4n) is 4.79. The Bertz CT molecular complexity index is 1060. The molecule has 8 heteroatoms. The van der Waals surface area contributed by atoms with E-state index in [1.54, 1.807) is 20.3 Å².